The lowest BCUT2D eigenvalue weighted by Crippen LogP contribution is -2.65. The number of hydrogen-bond donors (Lipinski definition) is 2. The van der Waals surface area contributed by atoms with E-state index in [0.717, 1.165) is 12.8 Å². The zero-order valence-corrected chi connectivity index (χ0v) is 15.1. The van der Waals surface area contributed by atoms with Crippen molar-refractivity contribution in [3.05, 3.63) is 0 Å². The van der Waals surface area contributed by atoms with Crippen LogP contribution in [0.5, 0.6) is 0 Å². The van der Waals surface area contributed by atoms with Gasteiger partial charge in [0.25, 0.3) is 0 Å². The van der Waals surface area contributed by atoms with Gasteiger partial charge in [-0.1, -0.05) is 13.8 Å². The molecule has 24 heavy (non-hydrogen) atoms. The molecular formula is C19H30N2O3. The van der Waals surface area contributed by atoms with E-state index in [1.807, 2.05) is 0 Å². The van der Waals surface area contributed by atoms with Gasteiger partial charge < -0.3 is 11.1 Å². The predicted molar refractivity (Wildman–Crippen MR) is 90.8 cm³/mol. The highest BCUT2D eigenvalue weighted by Gasteiger charge is 2.58. The van der Waals surface area contributed by atoms with E-state index < -0.39 is 11.3 Å². The molecule has 0 aromatic carbocycles. The molecule has 4 saturated carbocycles. The fraction of sp³-hybridized carbons (Fsp3) is 0.842. The Morgan fingerprint density at radius 1 is 1.12 bits per heavy atom. The van der Waals surface area contributed by atoms with Crippen LogP contribution in [0.25, 0.3) is 0 Å². The molecule has 4 bridgehead atoms. The fourth-order valence-electron chi connectivity index (χ4n) is 6.06. The van der Waals surface area contributed by atoms with Gasteiger partial charge in [0.05, 0.1) is 0 Å². The molecule has 5 nitrogen and oxygen atoms in total. The monoisotopic (exact) mass is 334 g/mol. The molecule has 0 aromatic heterocycles. The average molecular weight is 334 g/mol. The molecule has 0 radical (unpaired) electrons. The Kier molecular flexibility index (Phi) is 4.25. The van der Waals surface area contributed by atoms with Gasteiger partial charge in [-0.15, -0.1) is 0 Å². The second-order valence-electron chi connectivity index (χ2n) is 9.21. The number of Topliss-reactive ketones (excluding diaryl/α,β-unsaturated/α-hetero) is 1. The summed E-state index contributed by atoms with van der Waals surface area (Å²) in [6.07, 6.45) is 6.21. The highest BCUT2D eigenvalue weighted by Crippen LogP contribution is 2.59. The molecule has 0 heterocycles. The van der Waals surface area contributed by atoms with Crippen molar-refractivity contribution in [1.29, 1.82) is 0 Å². The lowest BCUT2D eigenvalue weighted by atomic mass is 9.47. The Bertz CT molecular complexity index is 555. The van der Waals surface area contributed by atoms with Gasteiger partial charge in [-0.3, -0.25) is 14.4 Å². The molecule has 0 saturated heterocycles. The van der Waals surface area contributed by atoms with Crippen LogP contribution in [-0.2, 0) is 14.4 Å². The summed E-state index contributed by atoms with van der Waals surface area (Å²) in [5.41, 5.74) is 4.38. The number of ketones is 1. The zero-order valence-electron chi connectivity index (χ0n) is 15.1. The first kappa shape index (κ1) is 17.4. The summed E-state index contributed by atoms with van der Waals surface area (Å²) in [6.45, 7) is 5.19. The lowest BCUT2D eigenvalue weighted by molar-refractivity contribution is -0.141. The Morgan fingerprint density at radius 3 is 2.21 bits per heavy atom. The van der Waals surface area contributed by atoms with E-state index in [9.17, 15) is 14.4 Å². The van der Waals surface area contributed by atoms with Gasteiger partial charge in [0.15, 0.2) is 0 Å². The number of amides is 2. The van der Waals surface area contributed by atoms with Crippen molar-refractivity contribution >= 4 is 17.6 Å². The summed E-state index contributed by atoms with van der Waals surface area (Å²) >= 11 is 0. The van der Waals surface area contributed by atoms with Gasteiger partial charge in [-0.2, -0.15) is 0 Å². The molecule has 134 valence electrons. The van der Waals surface area contributed by atoms with E-state index >= 15 is 0 Å². The molecule has 3 atom stereocenters. The molecule has 4 aliphatic carbocycles. The molecule has 0 spiro atoms. The smallest absolute Gasteiger partial charge is 0.218 e. The fourth-order valence-corrected chi connectivity index (χ4v) is 6.06. The maximum Gasteiger partial charge on any atom is 0.218 e. The number of nitrogens with one attached hydrogen (secondary N) is 1. The van der Waals surface area contributed by atoms with E-state index in [0.29, 0.717) is 24.2 Å². The Hall–Kier alpha value is -1.39. The third-order valence-electron chi connectivity index (χ3n) is 6.72. The molecule has 3 unspecified atom stereocenters. The standard InChI is InChI=1S/C19H30N2O3/c1-11(22)21-19-8-12-4-13(9-19)6-14(5-12)15(19)7-16(23)18(2,3)10-17(20)24/h12-15H,4-10H2,1-3H3,(H2,20,24)(H,21,22). The Labute approximate surface area is 144 Å². The van der Waals surface area contributed by atoms with Gasteiger partial charge in [-0.25, -0.2) is 0 Å². The summed E-state index contributed by atoms with van der Waals surface area (Å²) in [4.78, 5) is 36.0. The van der Waals surface area contributed by atoms with E-state index in [4.69, 9.17) is 5.73 Å². The molecular weight excluding hydrogens is 304 g/mol. The molecule has 4 rings (SSSR count). The van der Waals surface area contributed by atoms with Crippen LogP contribution in [0.1, 0.15) is 65.7 Å². The minimum atomic E-state index is -0.724. The number of primary amides is 1. The SMILES string of the molecule is CC(=O)NC12CC3CC(CC(C3)C1CC(=O)C(C)(C)CC(N)=O)C2. The lowest BCUT2D eigenvalue weighted by Gasteiger charge is -2.61. The van der Waals surface area contributed by atoms with Gasteiger partial charge in [0.1, 0.15) is 5.78 Å². The molecule has 4 aliphatic rings. The molecule has 2 amide bonds. The largest absolute Gasteiger partial charge is 0.370 e. The van der Waals surface area contributed by atoms with Crippen LogP contribution < -0.4 is 11.1 Å². The van der Waals surface area contributed by atoms with Crippen LogP contribution in [-0.4, -0.2) is 23.1 Å². The Balaban J connectivity index is 1.81. The highest BCUT2D eigenvalue weighted by atomic mass is 16.2. The first-order chi connectivity index (χ1) is 11.1. The van der Waals surface area contributed by atoms with E-state index in [1.165, 1.54) is 19.3 Å². The second-order valence-corrected chi connectivity index (χ2v) is 9.21. The third-order valence-corrected chi connectivity index (χ3v) is 6.72. The van der Waals surface area contributed by atoms with Gasteiger partial charge in [-0.05, 0) is 55.8 Å². The normalized spacial score (nSPS) is 37.3. The molecule has 4 fully saturated rings. The van der Waals surface area contributed by atoms with Crippen LogP contribution in [0, 0.1) is 29.1 Å². The van der Waals surface area contributed by atoms with Crippen LogP contribution in [0.2, 0.25) is 0 Å². The number of carbonyl (C=O) groups excluding carboxylic acids is 3. The van der Waals surface area contributed by atoms with Crippen molar-refractivity contribution in [3.8, 4) is 0 Å². The van der Waals surface area contributed by atoms with Crippen molar-refractivity contribution in [1.82, 2.24) is 5.32 Å². The van der Waals surface area contributed by atoms with Crippen LogP contribution in [0.15, 0.2) is 0 Å². The second kappa shape index (κ2) is 5.85. The number of carbonyl (C=O) groups is 3. The molecule has 3 N–H and O–H groups in total. The number of hydrogen-bond acceptors (Lipinski definition) is 3. The minimum Gasteiger partial charge on any atom is -0.370 e. The highest BCUT2D eigenvalue weighted by molar-refractivity contribution is 5.89. The third kappa shape index (κ3) is 3.09. The topological polar surface area (TPSA) is 89.3 Å². The van der Waals surface area contributed by atoms with Crippen molar-refractivity contribution in [2.45, 2.75) is 71.3 Å². The summed E-state index contributed by atoms with van der Waals surface area (Å²) in [6, 6.07) is 0. The van der Waals surface area contributed by atoms with Crippen LogP contribution >= 0.6 is 0 Å². The number of rotatable bonds is 6. The summed E-state index contributed by atoms with van der Waals surface area (Å²) in [7, 11) is 0. The van der Waals surface area contributed by atoms with Gasteiger partial charge >= 0.3 is 0 Å². The van der Waals surface area contributed by atoms with Gasteiger partial charge in [0.2, 0.25) is 11.8 Å². The van der Waals surface area contributed by atoms with E-state index in [1.54, 1.807) is 20.8 Å². The van der Waals surface area contributed by atoms with Crippen LogP contribution in [0.4, 0.5) is 0 Å². The first-order valence-corrected chi connectivity index (χ1v) is 9.22. The van der Waals surface area contributed by atoms with E-state index in [-0.39, 0.29) is 29.6 Å². The van der Waals surface area contributed by atoms with E-state index in [2.05, 4.69) is 5.32 Å². The maximum absolute atomic E-state index is 12.9. The van der Waals surface area contributed by atoms with Gasteiger partial charge in [0, 0.05) is 30.7 Å². The molecule has 0 aliphatic heterocycles. The van der Waals surface area contributed by atoms with Crippen molar-refractivity contribution in [3.63, 3.8) is 0 Å². The summed E-state index contributed by atoms with van der Waals surface area (Å²) in [5, 5.41) is 3.25. The maximum atomic E-state index is 12.9. The zero-order chi connectivity index (χ0) is 17.7. The van der Waals surface area contributed by atoms with Crippen molar-refractivity contribution in [2.75, 3.05) is 0 Å². The van der Waals surface area contributed by atoms with Crippen molar-refractivity contribution < 1.29 is 14.4 Å². The van der Waals surface area contributed by atoms with Crippen molar-refractivity contribution in [2.24, 2.45) is 34.8 Å². The minimum absolute atomic E-state index is 0.00537. The van der Waals surface area contributed by atoms with Crippen LogP contribution in [0.3, 0.4) is 0 Å². The number of nitrogens with two attached hydrogens (primary N) is 1. The molecule has 0 aromatic rings. The quantitative estimate of drug-likeness (QED) is 0.780. The predicted octanol–water partition coefficient (Wildman–Crippen LogP) is 2.18. The summed E-state index contributed by atoms with van der Waals surface area (Å²) in [5.74, 6) is 1.79. The summed E-state index contributed by atoms with van der Waals surface area (Å²) < 4.78 is 0. The average Bonchev–Trinajstić information content (AvgIpc) is 2.39. The molecule has 5 heteroatoms. The Morgan fingerprint density at radius 2 is 1.71 bits per heavy atom. The first-order valence-electron chi connectivity index (χ1n) is 9.22.